The van der Waals surface area contributed by atoms with Crippen LogP contribution in [0.3, 0.4) is 0 Å². The van der Waals surface area contributed by atoms with Crippen LogP contribution in [0.4, 0.5) is 0 Å². The topological polar surface area (TPSA) is 26.0 Å². The molecule has 2 atom stereocenters. The minimum atomic E-state index is -0.130. The number of rotatable bonds is 2. The van der Waals surface area contributed by atoms with Gasteiger partial charge in [0.15, 0.2) is 0 Å². The van der Waals surface area contributed by atoms with E-state index in [2.05, 4.69) is 19.1 Å². The first kappa shape index (κ1) is 12.9. The molecule has 0 spiro atoms. The summed E-state index contributed by atoms with van der Waals surface area (Å²) < 4.78 is 0. The second kappa shape index (κ2) is 5.41. The lowest BCUT2D eigenvalue weighted by atomic mass is 9.83. The molecule has 0 amide bonds. The molecule has 1 aliphatic carbocycles. The van der Waals surface area contributed by atoms with Crippen molar-refractivity contribution in [2.45, 2.75) is 51.0 Å². The smallest absolute Gasteiger partial charge is 0.0409 e. The minimum Gasteiger partial charge on any atom is -0.321 e. The van der Waals surface area contributed by atoms with Gasteiger partial charge >= 0.3 is 0 Å². The van der Waals surface area contributed by atoms with E-state index in [1.54, 1.807) is 0 Å². The normalized spacial score (nSPS) is 29.9. The summed E-state index contributed by atoms with van der Waals surface area (Å²) in [5.41, 5.74) is 7.72. The van der Waals surface area contributed by atoms with E-state index in [-0.39, 0.29) is 5.54 Å². The van der Waals surface area contributed by atoms with Crippen LogP contribution in [0.15, 0.2) is 24.3 Å². The van der Waals surface area contributed by atoms with Gasteiger partial charge in [-0.15, -0.1) is 0 Å². The number of halogens is 1. The monoisotopic (exact) mass is 251 g/mol. The fourth-order valence-corrected chi connectivity index (χ4v) is 3.04. The van der Waals surface area contributed by atoms with E-state index >= 15 is 0 Å². The molecule has 0 aromatic heterocycles. The lowest BCUT2D eigenvalue weighted by molar-refractivity contribution is 0.371. The molecule has 2 unspecified atom stereocenters. The summed E-state index contributed by atoms with van der Waals surface area (Å²) in [7, 11) is 0. The van der Waals surface area contributed by atoms with Crippen molar-refractivity contribution in [1.29, 1.82) is 0 Å². The summed E-state index contributed by atoms with van der Waals surface area (Å²) >= 11 is 5.93. The maximum atomic E-state index is 6.60. The molecule has 2 N–H and O–H groups in total. The van der Waals surface area contributed by atoms with Crippen LogP contribution in [-0.4, -0.2) is 0 Å². The molecule has 1 aromatic carbocycles. The molecule has 1 aliphatic rings. The maximum Gasteiger partial charge on any atom is 0.0409 e. The first-order chi connectivity index (χ1) is 8.14. The predicted octanol–water partition coefficient (Wildman–Crippen LogP) is 4.48. The zero-order valence-electron chi connectivity index (χ0n) is 10.6. The van der Waals surface area contributed by atoms with Crippen LogP contribution in [0.5, 0.6) is 0 Å². The van der Waals surface area contributed by atoms with E-state index < -0.39 is 0 Å². The van der Waals surface area contributed by atoms with Crippen LogP contribution in [-0.2, 0) is 5.54 Å². The van der Waals surface area contributed by atoms with Gasteiger partial charge in [0.05, 0.1) is 0 Å². The zero-order chi connectivity index (χ0) is 12.3. The van der Waals surface area contributed by atoms with Crippen LogP contribution in [0.1, 0.15) is 51.0 Å². The second-order valence-corrected chi connectivity index (χ2v) is 5.80. The highest BCUT2D eigenvalue weighted by molar-refractivity contribution is 6.30. The van der Waals surface area contributed by atoms with E-state index in [1.165, 1.54) is 31.2 Å². The van der Waals surface area contributed by atoms with Crippen molar-refractivity contribution in [1.82, 2.24) is 0 Å². The lowest BCUT2D eigenvalue weighted by Gasteiger charge is -2.29. The molecule has 0 bridgehead atoms. The maximum absolute atomic E-state index is 6.60. The molecule has 2 heteroatoms. The van der Waals surface area contributed by atoms with Gasteiger partial charge in [0.25, 0.3) is 0 Å². The molecular weight excluding hydrogens is 230 g/mol. The van der Waals surface area contributed by atoms with Crippen molar-refractivity contribution in [3.05, 3.63) is 34.9 Å². The van der Waals surface area contributed by atoms with Crippen LogP contribution in [0.2, 0.25) is 5.02 Å². The lowest BCUT2D eigenvalue weighted by Crippen LogP contribution is -2.36. The molecule has 1 saturated carbocycles. The molecule has 1 fully saturated rings. The Morgan fingerprint density at radius 1 is 1.24 bits per heavy atom. The third-order valence-electron chi connectivity index (χ3n) is 4.23. The summed E-state index contributed by atoms with van der Waals surface area (Å²) in [6.07, 6.45) is 7.34. The molecule has 0 heterocycles. The average Bonchev–Trinajstić information content (AvgIpc) is 2.53. The molecule has 1 nitrogen and oxygen atoms in total. The largest absolute Gasteiger partial charge is 0.321 e. The molecule has 0 radical (unpaired) electrons. The zero-order valence-corrected chi connectivity index (χ0v) is 11.3. The Labute approximate surface area is 109 Å². The molecule has 94 valence electrons. The predicted molar refractivity (Wildman–Crippen MR) is 74.2 cm³/mol. The molecular formula is C15H22ClN. The van der Waals surface area contributed by atoms with Gasteiger partial charge in [-0.25, -0.2) is 0 Å². The average molecular weight is 252 g/mol. The third-order valence-corrected chi connectivity index (χ3v) is 4.48. The molecule has 2 rings (SSSR count). The van der Waals surface area contributed by atoms with Crippen LogP contribution in [0, 0.1) is 5.92 Å². The van der Waals surface area contributed by atoms with Gasteiger partial charge in [0, 0.05) is 10.6 Å². The summed E-state index contributed by atoms with van der Waals surface area (Å²) in [5, 5.41) is 0.789. The SMILES string of the molecule is CCC1CCCC(N)(c2ccc(Cl)cc2)CC1. The van der Waals surface area contributed by atoms with E-state index in [9.17, 15) is 0 Å². The summed E-state index contributed by atoms with van der Waals surface area (Å²) in [5.74, 6) is 0.868. The van der Waals surface area contributed by atoms with Gasteiger partial charge in [-0.05, 0) is 42.9 Å². The Morgan fingerprint density at radius 2 is 1.94 bits per heavy atom. The number of hydrogen-bond acceptors (Lipinski definition) is 1. The van der Waals surface area contributed by atoms with Crippen molar-refractivity contribution in [3.8, 4) is 0 Å². The van der Waals surface area contributed by atoms with Crippen molar-refractivity contribution < 1.29 is 0 Å². The molecule has 0 saturated heterocycles. The summed E-state index contributed by atoms with van der Waals surface area (Å²) in [6.45, 7) is 2.29. The fourth-order valence-electron chi connectivity index (χ4n) is 2.92. The van der Waals surface area contributed by atoms with Gasteiger partial charge < -0.3 is 5.73 Å². The van der Waals surface area contributed by atoms with Crippen LogP contribution < -0.4 is 5.73 Å². The van der Waals surface area contributed by atoms with Gasteiger partial charge in [-0.3, -0.25) is 0 Å². The quantitative estimate of drug-likeness (QED) is 0.771. The standard InChI is InChI=1S/C15H22ClN/c1-2-12-4-3-10-15(17,11-9-12)13-5-7-14(16)8-6-13/h5-8,12H,2-4,9-11,17H2,1H3. The fraction of sp³-hybridized carbons (Fsp3) is 0.600. The molecule has 17 heavy (non-hydrogen) atoms. The highest BCUT2D eigenvalue weighted by atomic mass is 35.5. The highest BCUT2D eigenvalue weighted by Crippen LogP contribution is 2.37. The van der Waals surface area contributed by atoms with Crippen molar-refractivity contribution >= 4 is 11.6 Å². The van der Waals surface area contributed by atoms with Gasteiger partial charge in [0.1, 0.15) is 0 Å². The van der Waals surface area contributed by atoms with Gasteiger partial charge in [-0.2, -0.15) is 0 Å². The summed E-state index contributed by atoms with van der Waals surface area (Å²) in [6, 6.07) is 8.09. The van der Waals surface area contributed by atoms with Crippen molar-refractivity contribution in [2.75, 3.05) is 0 Å². The van der Waals surface area contributed by atoms with Crippen molar-refractivity contribution in [3.63, 3.8) is 0 Å². The Morgan fingerprint density at radius 3 is 2.59 bits per heavy atom. The van der Waals surface area contributed by atoms with Crippen molar-refractivity contribution in [2.24, 2.45) is 11.7 Å². The first-order valence-corrected chi connectivity index (χ1v) is 7.07. The summed E-state index contributed by atoms with van der Waals surface area (Å²) in [4.78, 5) is 0. The van der Waals surface area contributed by atoms with Gasteiger partial charge in [-0.1, -0.05) is 49.9 Å². The Balaban J connectivity index is 2.15. The van der Waals surface area contributed by atoms with E-state index in [0.29, 0.717) is 0 Å². The van der Waals surface area contributed by atoms with Gasteiger partial charge in [0.2, 0.25) is 0 Å². The Kier molecular flexibility index (Phi) is 4.11. The first-order valence-electron chi connectivity index (χ1n) is 6.69. The molecule has 0 aliphatic heterocycles. The van der Waals surface area contributed by atoms with Crippen LogP contribution >= 0.6 is 11.6 Å². The van der Waals surface area contributed by atoms with Crippen LogP contribution in [0.25, 0.3) is 0 Å². The van der Waals surface area contributed by atoms with E-state index in [4.69, 9.17) is 17.3 Å². The second-order valence-electron chi connectivity index (χ2n) is 5.37. The van der Waals surface area contributed by atoms with E-state index in [1.807, 2.05) is 12.1 Å². The Hall–Kier alpha value is -0.530. The minimum absolute atomic E-state index is 0.130. The molecule has 1 aromatic rings. The Bertz CT molecular complexity index is 360. The third kappa shape index (κ3) is 3.02. The number of nitrogens with two attached hydrogens (primary N) is 1. The number of hydrogen-bond donors (Lipinski definition) is 1. The van der Waals surface area contributed by atoms with E-state index in [0.717, 1.165) is 23.8 Å². The number of benzene rings is 1. The highest BCUT2D eigenvalue weighted by Gasteiger charge is 2.30.